The highest BCUT2D eigenvalue weighted by Gasteiger charge is 2.41. The Labute approximate surface area is 208 Å². The van der Waals surface area contributed by atoms with Crippen molar-refractivity contribution < 1.29 is 13.9 Å². The number of nitrogens with one attached hydrogen (secondary N) is 2. The van der Waals surface area contributed by atoms with Crippen LogP contribution in [-0.2, 0) is 10.3 Å². The van der Waals surface area contributed by atoms with Gasteiger partial charge in [0, 0.05) is 27.8 Å². The Morgan fingerprint density at radius 3 is 2.77 bits per heavy atom. The van der Waals surface area contributed by atoms with Crippen molar-refractivity contribution in [3.63, 3.8) is 0 Å². The highest BCUT2D eigenvalue weighted by Crippen LogP contribution is 2.48. The molecule has 3 heterocycles. The van der Waals surface area contributed by atoms with E-state index in [4.69, 9.17) is 4.74 Å². The SMILES string of the molecule is CCCCCCOc1ccc([C@]2(C)CC(c3ccc(C4CC4)s3)=C(c3nn[nH]n3)C(=O)N2)c(F)c1. The Kier molecular flexibility index (Phi) is 6.69. The fourth-order valence-electron chi connectivity index (χ4n) is 4.67. The molecule has 1 aliphatic carbocycles. The van der Waals surface area contributed by atoms with E-state index >= 15 is 4.39 Å². The fourth-order valence-corrected chi connectivity index (χ4v) is 5.89. The van der Waals surface area contributed by atoms with Crippen LogP contribution in [0.15, 0.2) is 30.3 Å². The number of aromatic amines is 1. The van der Waals surface area contributed by atoms with Crippen LogP contribution in [0.25, 0.3) is 11.1 Å². The molecule has 2 aromatic heterocycles. The van der Waals surface area contributed by atoms with Crippen molar-refractivity contribution >= 4 is 28.4 Å². The number of benzene rings is 1. The second-order valence-corrected chi connectivity index (χ2v) is 10.7. The number of rotatable bonds is 10. The van der Waals surface area contributed by atoms with Gasteiger partial charge < -0.3 is 10.1 Å². The summed E-state index contributed by atoms with van der Waals surface area (Å²) in [5, 5.41) is 17.2. The number of hydrogen-bond donors (Lipinski definition) is 2. The quantitative estimate of drug-likeness (QED) is 0.358. The summed E-state index contributed by atoms with van der Waals surface area (Å²) < 4.78 is 21.1. The standard InChI is InChI=1S/C26H30FN5O2S/c1-3-4-5-6-13-34-17-9-10-19(20(27)14-17)26(2)15-18(22-12-11-21(35-22)16-7-8-16)23(25(33)28-26)24-29-31-32-30-24/h9-12,14,16H,3-8,13,15H2,1-2H3,(H,28,33)(H,29,30,31,32)/t26-/m0/s1. The van der Waals surface area contributed by atoms with E-state index in [0.29, 0.717) is 35.8 Å². The van der Waals surface area contributed by atoms with Gasteiger partial charge in [0.2, 0.25) is 5.82 Å². The van der Waals surface area contributed by atoms with Crippen LogP contribution in [0.3, 0.4) is 0 Å². The predicted octanol–water partition coefficient (Wildman–Crippen LogP) is 5.58. The summed E-state index contributed by atoms with van der Waals surface area (Å²) in [5.41, 5.74) is 0.679. The number of amides is 1. The Balaban J connectivity index is 1.44. The first kappa shape index (κ1) is 23.7. The lowest BCUT2D eigenvalue weighted by atomic mass is 9.79. The number of halogens is 1. The van der Waals surface area contributed by atoms with Crippen LogP contribution in [0, 0.1) is 5.82 Å². The predicted molar refractivity (Wildman–Crippen MR) is 133 cm³/mol. The van der Waals surface area contributed by atoms with Crippen molar-refractivity contribution in [2.75, 3.05) is 6.61 Å². The maximum Gasteiger partial charge on any atom is 0.256 e. The van der Waals surface area contributed by atoms with E-state index in [1.54, 1.807) is 23.5 Å². The minimum absolute atomic E-state index is 0.244. The molecular weight excluding hydrogens is 465 g/mol. The molecule has 1 fully saturated rings. The Morgan fingerprint density at radius 1 is 1.20 bits per heavy atom. The number of unbranched alkanes of at least 4 members (excludes halogenated alkanes) is 3. The fraction of sp³-hybridized carbons (Fsp3) is 0.462. The molecule has 35 heavy (non-hydrogen) atoms. The van der Waals surface area contributed by atoms with E-state index < -0.39 is 11.4 Å². The molecular formula is C26H30FN5O2S. The second kappa shape index (κ2) is 9.89. The van der Waals surface area contributed by atoms with Crippen molar-refractivity contribution in [1.29, 1.82) is 0 Å². The number of aromatic nitrogens is 4. The monoisotopic (exact) mass is 495 g/mol. The summed E-state index contributed by atoms with van der Waals surface area (Å²) in [6, 6.07) is 9.11. The third kappa shape index (κ3) is 5.00. The Morgan fingerprint density at radius 2 is 2.06 bits per heavy atom. The zero-order valence-corrected chi connectivity index (χ0v) is 20.9. The summed E-state index contributed by atoms with van der Waals surface area (Å²) in [6.45, 7) is 4.59. The number of carbonyl (C=O) groups is 1. The minimum Gasteiger partial charge on any atom is -0.493 e. The van der Waals surface area contributed by atoms with Gasteiger partial charge in [-0.2, -0.15) is 5.21 Å². The zero-order chi connectivity index (χ0) is 24.4. The topological polar surface area (TPSA) is 92.8 Å². The highest BCUT2D eigenvalue weighted by molar-refractivity contribution is 7.13. The summed E-state index contributed by atoms with van der Waals surface area (Å²) in [6.07, 6.45) is 7.18. The normalized spacial score (nSPS) is 20.3. The summed E-state index contributed by atoms with van der Waals surface area (Å²) >= 11 is 1.69. The first-order chi connectivity index (χ1) is 17.0. The largest absolute Gasteiger partial charge is 0.493 e. The summed E-state index contributed by atoms with van der Waals surface area (Å²) in [7, 11) is 0. The van der Waals surface area contributed by atoms with Gasteiger partial charge in [0.15, 0.2) is 0 Å². The van der Waals surface area contributed by atoms with Crippen LogP contribution in [0.2, 0.25) is 0 Å². The summed E-state index contributed by atoms with van der Waals surface area (Å²) in [5.74, 6) is 0.620. The second-order valence-electron chi connectivity index (χ2n) is 9.58. The van der Waals surface area contributed by atoms with Gasteiger partial charge in [-0.1, -0.05) is 32.3 Å². The number of hydrogen-bond acceptors (Lipinski definition) is 6. The van der Waals surface area contributed by atoms with Crippen molar-refractivity contribution in [1.82, 2.24) is 25.9 Å². The van der Waals surface area contributed by atoms with Gasteiger partial charge in [-0.25, -0.2) is 4.39 Å². The molecule has 1 atom stereocenters. The molecule has 7 nitrogen and oxygen atoms in total. The molecule has 1 aromatic carbocycles. The van der Waals surface area contributed by atoms with Crippen molar-refractivity contribution in [2.24, 2.45) is 0 Å². The van der Waals surface area contributed by atoms with E-state index in [1.165, 1.54) is 30.2 Å². The molecule has 1 amide bonds. The van der Waals surface area contributed by atoms with Crippen molar-refractivity contribution in [3.05, 3.63) is 57.3 Å². The van der Waals surface area contributed by atoms with E-state index in [2.05, 4.69) is 45.0 Å². The van der Waals surface area contributed by atoms with Crippen LogP contribution in [0.5, 0.6) is 5.75 Å². The molecule has 184 valence electrons. The average molecular weight is 496 g/mol. The van der Waals surface area contributed by atoms with Crippen molar-refractivity contribution in [2.45, 2.75) is 70.3 Å². The van der Waals surface area contributed by atoms with Crippen LogP contribution in [-0.4, -0.2) is 33.1 Å². The molecule has 3 aromatic rings. The van der Waals surface area contributed by atoms with E-state index in [1.807, 2.05) is 6.92 Å². The highest BCUT2D eigenvalue weighted by atomic mass is 32.1. The smallest absolute Gasteiger partial charge is 0.256 e. The molecule has 0 bridgehead atoms. The Hall–Kier alpha value is -3.07. The van der Waals surface area contributed by atoms with Gasteiger partial charge in [-0.05, 0) is 61.1 Å². The first-order valence-electron chi connectivity index (χ1n) is 12.3. The van der Waals surface area contributed by atoms with E-state index in [9.17, 15) is 4.79 Å². The number of thiophene rings is 1. The minimum atomic E-state index is -0.937. The van der Waals surface area contributed by atoms with Gasteiger partial charge >= 0.3 is 0 Å². The maximum absolute atomic E-state index is 15.4. The van der Waals surface area contributed by atoms with Gasteiger partial charge in [0.25, 0.3) is 5.91 Å². The van der Waals surface area contributed by atoms with Crippen LogP contribution < -0.4 is 10.1 Å². The van der Waals surface area contributed by atoms with E-state index in [-0.39, 0.29) is 11.7 Å². The maximum atomic E-state index is 15.4. The number of H-pyrrole nitrogens is 1. The Bertz CT molecular complexity index is 1230. The average Bonchev–Trinajstić information content (AvgIpc) is 3.32. The molecule has 2 N–H and O–H groups in total. The molecule has 0 spiro atoms. The lowest BCUT2D eigenvalue weighted by Gasteiger charge is -2.37. The van der Waals surface area contributed by atoms with Crippen LogP contribution in [0.1, 0.15) is 85.9 Å². The molecule has 1 aliphatic heterocycles. The molecule has 0 radical (unpaired) electrons. The third-order valence-corrected chi connectivity index (χ3v) is 8.03. The lowest BCUT2D eigenvalue weighted by Crippen LogP contribution is -2.47. The molecule has 1 saturated carbocycles. The third-order valence-electron chi connectivity index (χ3n) is 6.72. The van der Waals surface area contributed by atoms with Gasteiger partial charge in [-0.3, -0.25) is 4.79 Å². The first-order valence-corrected chi connectivity index (χ1v) is 13.1. The number of ether oxygens (including phenoxy) is 1. The van der Waals surface area contributed by atoms with Crippen molar-refractivity contribution in [3.8, 4) is 5.75 Å². The molecule has 5 rings (SSSR count). The molecule has 0 unspecified atom stereocenters. The van der Waals surface area contributed by atoms with Crippen LogP contribution in [0.4, 0.5) is 4.39 Å². The zero-order valence-electron chi connectivity index (χ0n) is 20.1. The number of nitrogens with zero attached hydrogens (tertiary/aromatic N) is 3. The van der Waals surface area contributed by atoms with E-state index in [0.717, 1.165) is 29.7 Å². The summed E-state index contributed by atoms with van der Waals surface area (Å²) in [4.78, 5) is 15.7. The van der Waals surface area contributed by atoms with Gasteiger partial charge in [-0.15, -0.1) is 21.5 Å². The molecule has 9 heteroatoms. The van der Waals surface area contributed by atoms with Crippen LogP contribution >= 0.6 is 11.3 Å². The molecule has 0 saturated heterocycles. The molecule has 2 aliphatic rings. The lowest BCUT2D eigenvalue weighted by molar-refractivity contribution is -0.117. The van der Waals surface area contributed by atoms with Gasteiger partial charge in [0.05, 0.1) is 17.7 Å². The number of tetrazole rings is 1. The van der Waals surface area contributed by atoms with Gasteiger partial charge in [0.1, 0.15) is 11.6 Å². The number of carbonyl (C=O) groups excluding carboxylic acids is 1.